The molecule has 7 nitrogen and oxygen atoms in total. The van der Waals surface area contributed by atoms with Crippen LogP contribution in [0.3, 0.4) is 0 Å². The molecule has 100 valence electrons. The molecule has 0 aliphatic heterocycles. The van der Waals surface area contributed by atoms with E-state index in [-0.39, 0.29) is 13.0 Å². The summed E-state index contributed by atoms with van der Waals surface area (Å²) in [5, 5.41) is 28.4. The van der Waals surface area contributed by atoms with Gasteiger partial charge in [-0.25, -0.2) is 4.79 Å². The SMILES string of the molecule is O=c1[nH]c(=O)n([C@H]2C[C@@H](CO)C(O)C2O)cc1F. The fourth-order valence-corrected chi connectivity index (χ4v) is 2.26. The summed E-state index contributed by atoms with van der Waals surface area (Å²) >= 11 is 0. The van der Waals surface area contributed by atoms with Gasteiger partial charge in [-0.2, -0.15) is 4.39 Å². The Labute approximate surface area is 100 Å². The summed E-state index contributed by atoms with van der Waals surface area (Å²) in [7, 11) is 0. The van der Waals surface area contributed by atoms with Crippen molar-refractivity contribution in [1.29, 1.82) is 0 Å². The quantitative estimate of drug-likeness (QED) is 0.488. The van der Waals surface area contributed by atoms with Gasteiger partial charge in [0, 0.05) is 12.5 Å². The Morgan fingerprint density at radius 3 is 2.61 bits per heavy atom. The summed E-state index contributed by atoms with van der Waals surface area (Å²) < 4.78 is 14.0. The number of H-pyrrole nitrogens is 1. The molecule has 8 heteroatoms. The molecule has 1 fully saturated rings. The van der Waals surface area contributed by atoms with Crippen molar-refractivity contribution in [2.24, 2.45) is 5.92 Å². The van der Waals surface area contributed by atoms with Crippen LogP contribution in [0.4, 0.5) is 4.39 Å². The second kappa shape index (κ2) is 4.63. The summed E-state index contributed by atoms with van der Waals surface area (Å²) in [6.45, 7) is -0.352. The summed E-state index contributed by atoms with van der Waals surface area (Å²) in [4.78, 5) is 24.2. The predicted octanol–water partition coefficient (Wildman–Crippen LogP) is -2.05. The van der Waals surface area contributed by atoms with E-state index in [4.69, 9.17) is 5.11 Å². The highest BCUT2D eigenvalue weighted by molar-refractivity contribution is 4.98. The maximum Gasteiger partial charge on any atom is 0.328 e. The van der Waals surface area contributed by atoms with E-state index in [2.05, 4.69) is 0 Å². The van der Waals surface area contributed by atoms with Crippen LogP contribution in [0.25, 0.3) is 0 Å². The van der Waals surface area contributed by atoms with Crippen LogP contribution in [0, 0.1) is 11.7 Å². The average molecular weight is 260 g/mol. The van der Waals surface area contributed by atoms with Crippen LogP contribution in [0.2, 0.25) is 0 Å². The van der Waals surface area contributed by atoms with Crippen LogP contribution in [-0.2, 0) is 0 Å². The minimum Gasteiger partial charge on any atom is -0.396 e. The minimum absolute atomic E-state index is 0.115. The van der Waals surface area contributed by atoms with Crippen LogP contribution in [0.15, 0.2) is 15.8 Å². The Kier molecular flexibility index (Phi) is 3.33. The van der Waals surface area contributed by atoms with E-state index in [1.807, 2.05) is 0 Å². The lowest BCUT2D eigenvalue weighted by atomic mass is 10.1. The van der Waals surface area contributed by atoms with Gasteiger partial charge in [0.1, 0.15) is 6.10 Å². The monoisotopic (exact) mass is 260 g/mol. The van der Waals surface area contributed by atoms with Crippen molar-refractivity contribution in [3.05, 3.63) is 32.9 Å². The molecule has 1 aromatic rings. The van der Waals surface area contributed by atoms with E-state index in [1.54, 1.807) is 4.98 Å². The topological polar surface area (TPSA) is 116 Å². The molecule has 1 aliphatic rings. The van der Waals surface area contributed by atoms with E-state index in [0.29, 0.717) is 6.20 Å². The van der Waals surface area contributed by atoms with Crippen molar-refractivity contribution in [2.45, 2.75) is 24.7 Å². The van der Waals surface area contributed by atoms with Gasteiger partial charge in [-0.05, 0) is 6.42 Å². The van der Waals surface area contributed by atoms with Gasteiger partial charge < -0.3 is 15.3 Å². The van der Waals surface area contributed by atoms with Gasteiger partial charge in [0.05, 0.1) is 18.3 Å². The second-order valence-corrected chi connectivity index (χ2v) is 4.37. The molecule has 0 amide bonds. The predicted molar refractivity (Wildman–Crippen MR) is 57.5 cm³/mol. The highest BCUT2D eigenvalue weighted by Crippen LogP contribution is 2.34. The van der Waals surface area contributed by atoms with Gasteiger partial charge in [0.2, 0.25) is 5.82 Å². The number of aromatic nitrogens is 2. The molecule has 4 N–H and O–H groups in total. The first kappa shape index (κ1) is 12.9. The first-order chi connectivity index (χ1) is 8.45. The van der Waals surface area contributed by atoms with Crippen molar-refractivity contribution in [3.8, 4) is 0 Å². The van der Waals surface area contributed by atoms with Crippen molar-refractivity contribution in [1.82, 2.24) is 9.55 Å². The van der Waals surface area contributed by atoms with E-state index in [0.717, 1.165) is 4.57 Å². The van der Waals surface area contributed by atoms with E-state index in [1.165, 1.54) is 0 Å². The number of aliphatic hydroxyl groups excluding tert-OH is 3. The van der Waals surface area contributed by atoms with E-state index >= 15 is 0 Å². The molecule has 2 rings (SSSR count). The molecule has 0 spiro atoms. The minimum atomic E-state index is -1.30. The number of rotatable bonds is 2. The number of hydrogen-bond acceptors (Lipinski definition) is 5. The van der Waals surface area contributed by atoms with Crippen LogP contribution in [-0.4, -0.2) is 43.7 Å². The first-order valence-corrected chi connectivity index (χ1v) is 5.43. The number of hydrogen-bond donors (Lipinski definition) is 4. The Morgan fingerprint density at radius 2 is 2.06 bits per heavy atom. The third-order valence-corrected chi connectivity index (χ3v) is 3.29. The molecular weight excluding hydrogens is 247 g/mol. The number of halogens is 1. The Bertz CT molecular complexity index is 554. The molecule has 0 radical (unpaired) electrons. The second-order valence-electron chi connectivity index (χ2n) is 4.37. The van der Waals surface area contributed by atoms with Gasteiger partial charge in [0.15, 0.2) is 0 Å². The van der Waals surface area contributed by atoms with Crippen molar-refractivity contribution in [2.75, 3.05) is 6.61 Å². The molecule has 0 bridgehead atoms. The standard InChI is InChI=1S/C10H13FN2O5/c11-5-2-13(10(18)12-9(5)17)6-1-4(3-14)7(15)8(6)16/h2,4,6-8,14-16H,1,3H2,(H,12,17,18)/t4-,6-,7?,8?/m0/s1. The van der Waals surface area contributed by atoms with Gasteiger partial charge >= 0.3 is 5.69 Å². The number of aliphatic hydroxyl groups is 3. The summed E-state index contributed by atoms with van der Waals surface area (Å²) in [6.07, 6.45) is -1.68. The Hall–Kier alpha value is -1.51. The zero-order valence-electron chi connectivity index (χ0n) is 9.28. The molecule has 18 heavy (non-hydrogen) atoms. The van der Waals surface area contributed by atoms with Crippen LogP contribution < -0.4 is 11.2 Å². The zero-order chi connectivity index (χ0) is 13.4. The van der Waals surface area contributed by atoms with Gasteiger partial charge in [-0.1, -0.05) is 0 Å². The smallest absolute Gasteiger partial charge is 0.328 e. The molecule has 1 heterocycles. The van der Waals surface area contributed by atoms with Crippen molar-refractivity contribution >= 4 is 0 Å². The highest BCUT2D eigenvalue weighted by Gasteiger charge is 2.42. The lowest BCUT2D eigenvalue weighted by Gasteiger charge is -2.18. The number of aromatic amines is 1. The fourth-order valence-electron chi connectivity index (χ4n) is 2.26. The molecule has 1 aliphatic carbocycles. The molecule has 2 unspecified atom stereocenters. The summed E-state index contributed by atoms with van der Waals surface area (Å²) in [6, 6.07) is -0.879. The molecular formula is C10H13FN2O5. The maximum atomic E-state index is 13.1. The third kappa shape index (κ3) is 1.98. The molecule has 4 atom stereocenters. The fraction of sp³-hybridized carbons (Fsp3) is 0.600. The lowest BCUT2D eigenvalue weighted by molar-refractivity contribution is -0.00466. The van der Waals surface area contributed by atoms with Crippen LogP contribution in [0.5, 0.6) is 0 Å². The normalized spacial score (nSPS) is 31.8. The van der Waals surface area contributed by atoms with Crippen molar-refractivity contribution in [3.63, 3.8) is 0 Å². The number of nitrogens with zero attached hydrogens (tertiary/aromatic N) is 1. The van der Waals surface area contributed by atoms with E-state index < -0.39 is 41.2 Å². The van der Waals surface area contributed by atoms with Crippen LogP contribution in [0.1, 0.15) is 12.5 Å². The largest absolute Gasteiger partial charge is 0.396 e. The third-order valence-electron chi connectivity index (χ3n) is 3.29. The highest BCUT2D eigenvalue weighted by atomic mass is 19.1. The van der Waals surface area contributed by atoms with Crippen LogP contribution >= 0.6 is 0 Å². The molecule has 1 saturated carbocycles. The first-order valence-electron chi connectivity index (χ1n) is 5.43. The Morgan fingerprint density at radius 1 is 1.39 bits per heavy atom. The van der Waals surface area contributed by atoms with Crippen molar-refractivity contribution < 1.29 is 19.7 Å². The molecule has 1 aromatic heterocycles. The molecule has 0 aromatic carbocycles. The van der Waals surface area contributed by atoms with Gasteiger partial charge in [-0.15, -0.1) is 0 Å². The molecule has 0 saturated heterocycles. The lowest BCUT2D eigenvalue weighted by Crippen LogP contribution is -2.38. The summed E-state index contributed by atoms with van der Waals surface area (Å²) in [5.74, 6) is -1.74. The maximum absolute atomic E-state index is 13.1. The summed E-state index contributed by atoms with van der Waals surface area (Å²) in [5.41, 5.74) is -2.00. The van der Waals surface area contributed by atoms with Gasteiger partial charge in [-0.3, -0.25) is 14.3 Å². The Balaban J connectivity index is 2.42. The zero-order valence-corrected chi connectivity index (χ0v) is 9.28. The number of nitrogens with one attached hydrogen (secondary N) is 1. The van der Waals surface area contributed by atoms with Gasteiger partial charge in [0.25, 0.3) is 5.56 Å². The average Bonchev–Trinajstić information content (AvgIpc) is 2.61. The van der Waals surface area contributed by atoms with E-state index in [9.17, 15) is 24.2 Å².